The van der Waals surface area contributed by atoms with E-state index in [4.69, 9.17) is 0 Å². The van der Waals surface area contributed by atoms with Crippen LogP contribution in [0.3, 0.4) is 0 Å². The molecule has 3 nitrogen and oxygen atoms in total. The molecule has 0 bridgehead atoms. The Morgan fingerprint density at radius 1 is 1.10 bits per heavy atom. The molecule has 1 heterocycles. The van der Waals surface area contributed by atoms with E-state index in [9.17, 15) is 13.2 Å². The van der Waals surface area contributed by atoms with E-state index in [2.05, 4.69) is 0 Å². The number of hydrogen-bond donors (Lipinski definition) is 0. The minimum absolute atomic E-state index is 0.0272. The van der Waals surface area contributed by atoms with Crippen LogP contribution in [-0.2, 0) is 21.1 Å². The van der Waals surface area contributed by atoms with E-state index in [1.165, 1.54) is 0 Å². The quantitative estimate of drug-likeness (QED) is 0.871. The van der Waals surface area contributed by atoms with Gasteiger partial charge in [0.1, 0.15) is 5.78 Å². The zero-order chi connectivity index (χ0) is 14.2. The summed E-state index contributed by atoms with van der Waals surface area (Å²) in [6.45, 7) is 0. The topological polar surface area (TPSA) is 51.2 Å². The fourth-order valence-electron chi connectivity index (χ4n) is 2.74. The third kappa shape index (κ3) is 2.75. The molecule has 0 amide bonds. The van der Waals surface area contributed by atoms with Gasteiger partial charge in [0.15, 0.2) is 9.84 Å². The van der Waals surface area contributed by atoms with Crippen molar-refractivity contribution in [1.29, 1.82) is 0 Å². The zero-order valence-corrected chi connectivity index (χ0v) is 11.9. The summed E-state index contributed by atoms with van der Waals surface area (Å²) in [5.41, 5.74) is 0.956. The largest absolute Gasteiger partial charge is 0.299 e. The number of sulfone groups is 1. The molecule has 0 aliphatic carbocycles. The van der Waals surface area contributed by atoms with Gasteiger partial charge in [-0.1, -0.05) is 42.5 Å². The third-order valence-corrected chi connectivity index (χ3v) is 5.65. The number of ketones is 1. The van der Waals surface area contributed by atoms with Gasteiger partial charge in [-0.2, -0.15) is 0 Å². The Kier molecular flexibility index (Phi) is 3.34. The molecular formula is C16H16O3S. The predicted octanol–water partition coefficient (Wildman–Crippen LogP) is 2.39. The second-order valence-electron chi connectivity index (χ2n) is 5.42. The van der Waals surface area contributed by atoms with Crippen LogP contribution in [0.5, 0.6) is 0 Å². The smallest absolute Gasteiger partial charge is 0.151 e. The van der Waals surface area contributed by atoms with Gasteiger partial charge in [-0.25, -0.2) is 8.42 Å². The summed E-state index contributed by atoms with van der Waals surface area (Å²) in [5, 5.41) is 2.25. The molecule has 1 aliphatic heterocycles. The van der Waals surface area contributed by atoms with Crippen LogP contribution >= 0.6 is 0 Å². The predicted molar refractivity (Wildman–Crippen MR) is 79.4 cm³/mol. The molecule has 104 valence electrons. The van der Waals surface area contributed by atoms with Gasteiger partial charge in [-0.05, 0) is 22.8 Å². The minimum atomic E-state index is -2.99. The van der Waals surface area contributed by atoms with Crippen molar-refractivity contribution in [3.05, 3.63) is 48.0 Å². The van der Waals surface area contributed by atoms with Crippen molar-refractivity contribution in [3.8, 4) is 0 Å². The van der Waals surface area contributed by atoms with Crippen LogP contribution in [0.1, 0.15) is 12.0 Å². The lowest BCUT2D eigenvalue weighted by Crippen LogP contribution is -2.18. The van der Waals surface area contributed by atoms with Crippen molar-refractivity contribution in [2.24, 2.45) is 5.92 Å². The van der Waals surface area contributed by atoms with Crippen molar-refractivity contribution in [2.45, 2.75) is 12.8 Å². The average Bonchev–Trinajstić information content (AvgIpc) is 2.79. The highest BCUT2D eigenvalue weighted by Crippen LogP contribution is 2.22. The molecule has 2 aromatic carbocycles. The van der Waals surface area contributed by atoms with Crippen molar-refractivity contribution in [1.82, 2.24) is 0 Å². The summed E-state index contributed by atoms with van der Waals surface area (Å²) in [6.07, 6.45) is 0.805. The number of carbonyl (C=O) groups is 1. The fraction of sp³-hybridized carbons (Fsp3) is 0.312. The highest BCUT2D eigenvalue weighted by Gasteiger charge is 2.32. The number of rotatable bonds is 3. The number of hydrogen-bond acceptors (Lipinski definition) is 3. The van der Waals surface area contributed by atoms with E-state index in [0.717, 1.165) is 16.3 Å². The van der Waals surface area contributed by atoms with E-state index < -0.39 is 9.84 Å². The van der Waals surface area contributed by atoms with Gasteiger partial charge in [-0.15, -0.1) is 0 Å². The number of Topliss-reactive ketones (excluding diaryl/α,β-unsaturated/α-hetero) is 1. The Bertz CT molecular complexity index is 762. The first kappa shape index (κ1) is 13.3. The first-order valence-corrected chi connectivity index (χ1v) is 8.56. The molecule has 0 N–H and O–H groups in total. The normalized spacial score (nSPS) is 21.1. The molecule has 0 saturated carbocycles. The molecule has 0 aromatic heterocycles. The molecule has 1 atom stereocenters. The molecule has 1 aliphatic rings. The molecular weight excluding hydrogens is 272 g/mol. The highest BCUT2D eigenvalue weighted by atomic mass is 32.2. The lowest BCUT2D eigenvalue weighted by atomic mass is 9.96. The van der Waals surface area contributed by atoms with Gasteiger partial charge in [0.25, 0.3) is 0 Å². The van der Waals surface area contributed by atoms with Gasteiger partial charge in [-0.3, -0.25) is 4.79 Å². The van der Waals surface area contributed by atoms with E-state index >= 15 is 0 Å². The number of fused-ring (bicyclic) bond motifs is 1. The molecule has 0 spiro atoms. The van der Waals surface area contributed by atoms with Crippen molar-refractivity contribution >= 4 is 26.4 Å². The van der Waals surface area contributed by atoms with Crippen molar-refractivity contribution in [2.75, 3.05) is 11.5 Å². The Morgan fingerprint density at radius 2 is 1.85 bits per heavy atom. The summed E-state index contributed by atoms with van der Waals surface area (Å²) < 4.78 is 22.8. The maximum absolute atomic E-state index is 12.2. The second-order valence-corrected chi connectivity index (χ2v) is 7.65. The summed E-state index contributed by atoms with van der Waals surface area (Å²) in [7, 11) is -2.99. The van der Waals surface area contributed by atoms with Crippen molar-refractivity contribution in [3.63, 3.8) is 0 Å². The molecule has 20 heavy (non-hydrogen) atoms. The lowest BCUT2D eigenvalue weighted by Gasteiger charge is -2.07. The van der Waals surface area contributed by atoms with Crippen LogP contribution in [0.2, 0.25) is 0 Å². The van der Waals surface area contributed by atoms with Crippen LogP contribution in [0.4, 0.5) is 0 Å². The highest BCUT2D eigenvalue weighted by molar-refractivity contribution is 7.91. The maximum atomic E-state index is 12.2. The van der Waals surface area contributed by atoms with Gasteiger partial charge in [0.2, 0.25) is 0 Å². The maximum Gasteiger partial charge on any atom is 0.151 e. The van der Waals surface area contributed by atoms with Gasteiger partial charge in [0.05, 0.1) is 11.5 Å². The van der Waals surface area contributed by atoms with Crippen LogP contribution in [0, 0.1) is 5.92 Å². The van der Waals surface area contributed by atoms with E-state index in [-0.39, 0.29) is 23.2 Å². The summed E-state index contributed by atoms with van der Waals surface area (Å²) in [6, 6.07) is 14.0. The Labute approximate surface area is 118 Å². The monoisotopic (exact) mass is 288 g/mol. The number of carbonyl (C=O) groups excluding carboxylic acids is 1. The Morgan fingerprint density at radius 3 is 2.55 bits per heavy atom. The standard InChI is InChI=1S/C16H16O3S/c17-16(15-7-8-20(18,19)11-15)10-12-5-6-13-3-1-2-4-14(13)9-12/h1-6,9,15H,7-8,10-11H2. The Hall–Kier alpha value is -1.68. The summed E-state index contributed by atoms with van der Waals surface area (Å²) in [5.74, 6) is -0.0894. The van der Waals surface area contributed by atoms with Gasteiger partial charge < -0.3 is 0 Å². The summed E-state index contributed by atoms with van der Waals surface area (Å²) in [4.78, 5) is 12.2. The first-order valence-electron chi connectivity index (χ1n) is 6.74. The Balaban J connectivity index is 1.78. The minimum Gasteiger partial charge on any atom is -0.299 e. The molecule has 1 fully saturated rings. The molecule has 4 heteroatoms. The summed E-state index contributed by atoms with van der Waals surface area (Å²) >= 11 is 0. The first-order chi connectivity index (χ1) is 9.53. The van der Waals surface area contributed by atoms with Crippen LogP contribution in [-0.4, -0.2) is 25.7 Å². The van der Waals surface area contributed by atoms with Gasteiger partial charge >= 0.3 is 0 Å². The molecule has 3 rings (SSSR count). The molecule has 1 unspecified atom stereocenters. The SMILES string of the molecule is O=C(Cc1ccc2ccccc2c1)C1CCS(=O)(=O)C1. The van der Waals surface area contributed by atoms with E-state index in [1.807, 2.05) is 42.5 Å². The molecule has 2 aromatic rings. The zero-order valence-electron chi connectivity index (χ0n) is 11.1. The van der Waals surface area contributed by atoms with Crippen LogP contribution in [0.15, 0.2) is 42.5 Å². The lowest BCUT2D eigenvalue weighted by molar-refractivity contribution is -0.121. The second kappa shape index (κ2) is 5.02. The van der Waals surface area contributed by atoms with Crippen LogP contribution in [0.25, 0.3) is 10.8 Å². The van der Waals surface area contributed by atoms with E-state index in [1.54, 1.807) is 0 Å². The number of benzene rings is 2. The van der Waals surface area contributed by atoms with Crippen molar-refractivity contribution < 1.29 is 13.2 Å². The molecule has 0 radical (unpaired) electrons. The van der Waals surface area contributed by atoms with Gasteiger partial charge in [0, 0.05) is 12.3 Å². The average molecular weight is 288 g/mol. The molecule has 1 saturated heterocycles. The van der Waals surface area contributed by atoms with E-state index in [0.29, 0.717) is 12.8 Å². The van der Waals surface area contributed by atoms with Crippen LogP contribution < -0.4 is 0 Å². The fourth-order valence-corrected chi connectivity index (χ4v) is 4.52. The third-order valence-electron chi connectivity index (χ3n) is 3.88.